The van der Waals surface area contributed by atoms with Crippen LogP contribution in [0.5, 0.6) is 17.2 Å². The monoisotopic (exact) mass is 334 g/mol. The summed E-state index contributed by atoms with van der Waals surface area (Å²) >= 11 is 0. The molecule has 128 valence electrons. The summed E-state index contributed by atoms with van der Waals surface area (Å²) in [4.78, 5) is 0. The highest BCUT2D eigenvalue weighted by Crippen LogP contribution is 2.43. The van der Waals surface area contributed by atoms with E-state index in [4.69, 9.17) is 20.1 Å². The molecule has 0 unspecified atom stereocenters. The van der Waals surface area contributed by atoms with Gasteiger partial charge in [0, 0.05) is 12.6 Å². The Labute approximate surface area is 139 Å². The molecule has 3 rings (SSSR count). The number of hydrogen-bond donors (Lipinski definition) is 2. The van der Waals surface area contributed by atoms with Crippen molar-refractivity contribution in [3.8, 4) is 28.5 Å². The van der Waals surface area contributed by atoms with E-state index in [1.54, 1.807) is 51.4 Å². The van der Waals surface area contributed by atoms with Crippen LogP contribution in [-0.4, -0.2) is 53.9 Å². The Morgan fingerprint density at radius 3 is 2.33 bits per heavy atom. The summed E-state index contributed by atoms with van der Waals surface area (Å²) < 4.78 is 19.1. The highest BCUT2D eigenvalue weighted by atomic mass is 16.5. The minimum atomic E-state index is 0.135. The van der Waals surface area contributed by atoms with E-state index in [2.05, 4.69) is 5.10 Å². The third-order valence-corrected chi connectivity index (χ3v) is 3.85. The van der Waals surface area contributed by atoms with Crippen molar-refractivity contribution in [3.63, 3.8) is 0 Å². The van der Waals surface area contributed by atoms with Crippen LogP contribution in [0.1, 0.15) is 5.69 Å². The first-order valence-electron chi connectivity index (χ1n) is 7.20. The van der Waals surface area contributed by atoms with Gasteiger partial charge in [0.15, 0.2) is 17.2 Å². The Morgan fingerprint density at radius 2 is 1.79 bits per heavy atom. The van der Waals surface area contributed by atoms with Crippen LogP contribution in [0.15, 0.2) is 12.1 Å². The number of anilines is 1. The predicted molar refractivity (Wildman–Crippen MR) is 87.0 cm³/mol. The first-order valence-corrected chi connectivity index (χ1v) is 7.20. The van der Waals surface area contributed by atoms with Crippen molar-refractivity contribution in [2.45, 2.75) is 0 Å². The van der Waals surface area contributed by atoms with Gasteiger partial charge in [-0.2, -0.15) is 10.2 Å². The molecule has 1 aliphatic heterocycles. The standard InChI is InChI=1S/C15H20N5O4/c1-18-10-7-19(16)8-20(21)14(10)13(17-18)9-5-11(22-2)15(24-4)12(6-9)23-3/h5-7,21H,8,16H2,1-4H3/q+1. The molecule has 9 nitrogen and oxygen atoms in total. The molecule has 3 N–H and O–H groups in total. The molecule has 0 radical (unpaired) electrons. The summed E-state index contributed by atoms with van der Waals surface area (Å²) in [5.41, 5.74) is 2.56. The van der Waals surface area contributed by atoms with Crippen molar-refractivity contribution >= 4 is 11.9 Å². The molecule has 1 aromatic carbocycles. The fourth-order valence-electron chi connectivity index (χ4n) is 2.76. The maximum absolute atomic E-state index is 10.3. The number of hydrazine groups is 1. The molecule has 2 aromatic rings. The van der Waals surface area contributed by atoms with Gasteiger partial charge in [0.25, 0.3) is 6.67 Å². The third kappa shape index (κ3) is 2.38. The van der Waals surface area contributed by atoms with Gasteiger partial charge >= 0.3 is 0 Å². The smallest absolute Gasteiger partial charge is 0.268 e. The van der Waals surface area contributed by atoms with Gasteiger partial charge in [-0.05, 0) is 12.1 Å². The van der Waals surface area contributed by atoms with Gasteiger partial charge in [-0.15, -0.1) is 4.68 Å². The van der Waals surface area contributed by atoms with E-state index in [-0.39, 0.29) is 6.67 Å². The van der Waals surface area contributed by atoms with Gasteiger partial charge in [-0.1, -0.05) is 0 Å². The highest BCUT2D eigenvalue weighted by molar-refractivity contribution is 5.91. The lowest BCUT2D eigenvalue weighted by Gasteiger charge is -2.18. The largest absolute Gasteiger partial charge is 0.493 e. The minimum Gasteiger partial charge on any atom is -0.493 e. The molecule has 1 aliphatic rings. The lowest BCUT2D eigenvalue weighted by Crippen LogP contribution is -2.38. The number of fused-ring (bicyclic) bond motifs is 1. The number of aryl methyl sites for hydroxylation is 1. The SMILES string of the molecule is COc1cc(-c2nn(C)c3c2N(O)C[N+](N)=C3)cc(OC)c1OC. The molecule has 0 bridgehead atoms. The fourth-order valence-corrected chi connectivity index (χ4v) is 2.76. The second-order valence-electron chi connectivity index (χ2n) is 5.30. The van der Waals surface area contributed by atoms with Gasteiger partial charge in [0.1, 0.15) is 11.4 Å². The number of nitrogens with two attached hydrogens (primary N) is 1. The molecule has 0 amide bonds. The molecular weight excluding hydrogens is 314 g/mol. The number of hydrogen-bond acceptors (Lipinski definition) is 7. The first kappa shape index (κ1) is 15.9. The number of rotatable bonds is 4. The van der Waals surface area contributed by atoms with Crippen LogP contribution in [0, 0.1) is 0 Å². The van der Waals surface area contributed by atoms with Crippen molar-refractivity contribution in [1.29, 1.82) is 0 Å². The van der Waals surface area contributed by atoms with E-state index in [9.17, 15) is 5.21 Å². The summed E-state index contributed by atoms with van der Waals surface area (Å²) in [6.45, 7) is 0.135. The third-order valence-electron chi connectivity index (χ3n) is 3.85. The number of hydroxylamine groups is 1. The predicted octanol–water partition coefficient (Wildman–Crippen LogP) is 0.585. The zero-order chi connectivity index (χ0) is 17.4. The zero-order valence-corrected chi connectivity index (χ0v) is 14.0. The molecular formula is C15H20N5O4+. The molecule has 0 saturated heterocycles. The van der Waals surface area contributed by atoms with Crippen LogP contribution in [0.3, 0.4) is 0 Å². The van der Waals surface area contributed by atoms with E-state index in [0.717, 1.165) is 10.6 Å². The van der Waals surface area contributed by atoms with E-state index < -0.39 is 0 Å². The normalized spacial score (nSPS) is 13.4. The lowest BCUT2D eigenvalue weighted by molar-refractivity contribution is -0.540. The van der Waals surface area contributed by atoms with Gasteiger partial charge in [0.05, 0.1) is 21.3 Å². The molecule has 1 aromatic heterocycles. The van der Waals surface area contributed by atoms with Crippen LogP contribution >= 0.6 is 0 Å². The lowest BCUT2D eigenvalue weighted by atomic mass is 10.1. The molecule has 0 aliphatic carbocycles. The van der Waals surface area contributed by atoms with E-state index in [0.29, 0.717) is 34.3 Å². The van der Waals surface area contributed by atoms with E-state index >= 15 is 0 Å². The number of nitrogens with zero attached hydrogens (tertiary/aromatic N) is 4. The van der Waals surface area contributed by atoms with Crippen LogP contribution in [0.25, 0.3) is 11.3 Å². The Morgan fingerprint density at radius 1 is 1.17 bits per heavy atom. The Bertz CT molecular complexity index is 789. The summed E-state index contributed by atoms with van der Waals surface area (Å²) in [5.74, 6) is 7.28. The molecule has 0 fully saturated rings. The van der Waals surface area contributed by atoms with Crippen molar-refractivity contribution in [1.82, 2.24) is 9.78 Å². The van der Waals surface area contributed by atoms with E-state index in [1.165, 1.54) is 4.68 Å². The van der Waals surface area contributed by atoms with Crippen molar-refractivity contribution in [2.24, 2.45) is 12.9 Å². The summed E-state index contributed by atoms with van der Waals surface area (Å²) in [7, 11) is 6.42. The van der Waals surface area contributed by atoms with Gasteiger partial charge in [0.2, 0.25) is 12.0 Å². The molecule has 24 heavy (non-hydrogen) atoms. The topological polar surface area (TPSA) is 98.0 Å². The quantitative estimate of drug-likeness (QED) is 0.623. The highest BCUT2D eigenvalue weighted by Gasteiger charge is 2.30. The van der Waals surface area contributed by atoms with Gasteiger partial charge in [-0.25, -0.2) is 5.84 Å². The molecule has 0 saturated carbocycles. The van der Waals surface area contributed by atoms with Crippen LogP contribution in [0.2, 0.25) is 0 Å². The minimum absolute atomic E-state index is 0.135. The zero-order valence-electron chi connectivity index (χ0n) is 14.0. The fraction of sp³-hybridized carbons (Fsp3) is 0.333. The van der Waals surface area contributed by atoms with Gasteiger partial charge in [-0.3, -0.25) is 9.89 Å². The molecule has 0 atom stereocenters. The van der Waals surface area contributed by atoms with Crippen molar-refractivity contribution in [3.05, 3.63) is 17.8 Å². The number of methoxy groups -OCH3 is 3. The molecule has 9 heteroatoms. The maximum atomic E-state index is 10.3. The van der Waals surface area contributed by atoms with E-state index in [1.807, 2.05) is 0 Å². The van der Waals surface area contributed by atoms with Crippen LogP contribution < -0.4 is 25.1 Å². The molecule has 2 heterocycles. The summed E-state index contributed by atoms with van der Waals surface area (Å²) in [6, 6.07) is 3.57. The summed E-state index contributed by atoms with van der Waals surface area (Å²) in [5, 5.41) is 15.9. The van der Waals surface area contributed by atoms with Crippen LogP contribution in [0.4, 0.5) is 5.69 Å². The summed E-state index contributed by atoms with van der Waals surface area (Å²) in [6.07, 6.45) is 1.72. The van der Waals surface area contributed by atoms with Crippen LogP contribution in [-0.2, 0) is 7.05 Å². The number of ether oxygens (including phenoxy) is 3. The number of hydrazone groups is 1. The average Bonchev–Trinajstić information content (AvgIpc) is 2.90. The number of aromatic nitrogens is 2. The Kier molecular flexibility index (Phi) is 3.94. The second-order valence-corrected chi connectivity index (χ2v) is 5.30. The molecule has 0 spiro atoms. The van der Waals surface area contributed by atoms with Crippen molar-refractivity contribution in [2.75, 3.05) is 33.1 Å². The second kappa shape index (κ2) is 5.93. The number of benzene rings is 1. The maximum Gasteiger partial charge on any atom is 0.268 e. The average molecular weight is 334 g/mol. The van der Waals surface area contributed by atoms with Gasteiger partial charge < -0.3 is 14.2 Å². The first-order chi connectivity index (χ1) is 11.5. The Hall–Kier alpha value is -2.94. The van der Waals surface area contributed by atoms with Crippen molar-refractivity contribution < 1.29 is 24.1 Å². The Balaban J connectivity index is 2.23.